The van der Waals surface area contributed by atoms with E-state index in [-0.39, 0.29) is 36.1 Å². The summed E-state index contributed by atoms with van der Waals surface area (Å²) < 4.78 is 16.6. The van der Waals surface area contributed by atoms with E-state index < -0.39 is 5.60 Å². The molecule has 8 nitrogen and oxygen atoms in total. The summed E-state index contributed by atoms with van der Waals surface area (Å²) >= 11 is 0. The van der Waals surface area contributed by atoms with Crippen LogP contribution >= 0.6 is 24.0 Å². The van der Waals surface area contributed by atoms with Crippen molar-refractivity contribution in [2.45, 2.75) is 89.5 Å². The van der Waals surface area contributed by atoms with Gasteiger partial charge < -0.3 is 30.2 Å². The van der Waals surface area contributed by atoms with Gasteiger partial charge >= 0.3 is 6.09 Å². The third-order valence-corrected chi connectivity index (χ3v) is 5.15. The van der Waals surface area contributed by atoms with E-state index in [1.807, 2.05) is 20.8 Å². The Morgan fingerprint density at radius 3 is 2.20 bits per heavy atom. The monoisotopic (exact) mass is 540 g/mol. The van der Waals surface area contributed by atoms with Gasteiger partial charge in [0.15, 0.2) is 5.96 Å². The summed E-state index contributed by atoms with van der Waals surface area (Å²) in [5, 5.41) is 9.85. The molecule has 0 aromatic heterocycles. The first-order valence-corrected chi connectivity index (χ1v) is 11.0. The van der Waals surface area contributed by atoms with Crippen molar-refractivity contribution < 1.29 is 19.0 Å². The molecular formula is C21H41IN4O4. The number of ether oxygens (including phenoxy) is 3. The maximum absolute atomic E-state index is 11.9. The highest BCUT2D eigenvalue weighted by atomic mass is 127. The lowest BCUT2D eigenvalue weighted by atomic mass is 9.91. The maximum atomic E-state index is 11.9. The summed E-state index contributed by atoms with van der Waals surface area (Å²) in [6, 6.07) is 0.552. The smallest absolute Gasteiger partial charge is 0.407 e. The van der Waals surface area contributed by atoms with E-state index in [9.17, 15) is 4.79 Å². The molecule has 1 aliphatic heterocycles. The molecule has 0 radical (unpaired) electrons. The minimum atomic E-state index is -0.461. The highest BCUT2D eigenvalue weighted by molar-refractivity contribution is 14.0. The number of halogens is 1. The van der Waals surface area contributed by atoms with Gasteiger partial charge in [0.05, 0.1) is 6.10 Å². The summed E-state index contributed by atoms with van der Waals surface area (Å²) in [6.07, 6.45) is 6.84. The number of amides is 1. The van der Waals surface area contributed by atoms with Crippen molar-refractivity contribution >= 4 is 36.0 Å². The number of hydrogen-bond donors (Lipinski definition) is 3. The quantitative estimate of drug-likeness (QED) is 0.199. The fourth-order valence-corrected chi connectivity index (χ4v) is 3.62. The van der Waals surface area contributed by atoms with E-state index in [1.54, 1.807) is 7.05 Å². The van der Waals surface area contributed by atoms with E-state index in [0.29, 0.717) is 12.1 Å². The van der Waals surface area contributed by atoms with Crippen LogP contribution in [0.15, 0.2) is 4.99 Å². The molecule has 1 amide bonds. The van der Waals surface area contributed by atoms with E-state index in [1.165, 1.54) is 0 Å². The predicted molar refractivity (Wildman–Crippen MR) is 130 cm³/mol. The Kier molecular flexibility index (Phi) is 13.0. The molecule has 176 valence electrons. The molecule has 0 atom stereocenters. The molecule has 3 N–H and O–H groups in total. The minimum Gasteiger partial charge on any atom is -0.444 e. The molecule has 0 bridgehead atoms. The molecule has 1 saturated carbocycles. The van der Waals surface area contributed by atoms with Crippen LogP contribution in [0.1, 0.15) is 65.7 Å². The lowest BCUT2D eigenvalue weighted by Gasteiger charge is -2.31. The summed E-state index contributed by atoms with van der Waals surface area (Å²) in [6.45, 7) is 8.86. The van der Waals surface area contributed by atoms with Crippen LogP contribution in [0.5, 0.6) is 0 Å². The first-order valence-electron chi connectivity index (χ1n) is 11.0. The van der Waals surface area contributed by atoms with E-state index in [4.69, 9.17) is 14.2 Å². The Balaban J connectivity index is 0.00000450. The molecule has 0 aromatic rings. The Morgan fingerprint density at radius 1 is 1.03 bits per heavy atom. The first kappa shape index (κ1) is 27.2. The van der Waals surface area contributed by atoms with Crippen LogP contribution < -0.4 is 16.0 Å². The highest BCUT2D eigenvalue weighted by Gasteiger charge is 2.25. The van der Waals surface area contributed by atoms with Crippen LogP contribution in [0.3, 0.4) is 0 Å². The van der Waals surface area contributed by atoms with Crippen LogP contribution in [0, 0.1) is 0 Å². The molecule has 0 spiro atoms. The average Bonchev–Trinajstić information content (AvgIpc) is 2.67. The van der Waals surface area contributed by atoms with Crippen molar-refractivity contribution in [2.24, 2.45) is 4.99 Å². The fourth-order valence-electron chi connectivity index (χ4n) is 3.62. The molecule has 2 aliphatic rings. The second kappa shape index (κ2) is 14.3. The zero-order valence-electron chi connectivity index (χ0n) is 19.0. The molecule has 2 fully saturated rings. The zero-order chi connectivity index (χ0) is 21.1. The molecular weight excluding hydrogens is 499 g/mol. The topological polar surface area (TPSA) is 93.2 Å². The van der Waals surface area contributed by atoms with Crippen molar-refractivity contribution in [2.75, 3.05) is 33.4 Å². The Labute approximate surface area is 198 Å². The SMILES string of the molecule is CN=C(NCCCOC1CCOCC1)NC1CCC(NC(=O)OC(C)(C)C)CC1.I. The number of carbonyl (C=O) groups excluding carboxylic acids is 1. The average molecular weight is 540 g/mol. The predicted octanol–water partition coefficient (Wildman–Crippen LogP) is 3.19. The number of carbonyl (C=O) groups is 1. The Bertz CT molecular complexity index is 514. The second-order valence-electron chi connectivity index (χ2n) is 8.87. The van der Waals surface area contributed by atoms with Crippen molar-refractivity contribution in [3.63, 3.8) is 0 Å². The molecule has 9 heteroatoms. The van der Waals surface area contributed by atoms with Gasteiger partial charge in [-0.15, -0.1) is 24.0 Å². The molecule has 30 heavy (non-hydrogen) atoms. The van der Waals surface area contributed by atoms with Gasteiger partial charge in [-0.2, -0.15) is 0 Å². The maximum Gasteiger partial charge on any atom is 0.407 e. The zero-order valence-corrected chi connectivity index (χ0v) is 21.3. The summed E-state index contributed by atoms with van der Waals surface area (Å²) in [7, 11) is 1.80. The molecule has 0 unspecified atom stereocenters. The number of alkyl carbamates (subject to hydrolysis) is 1. The number of hydrogen-bond acceptors (Lipinski definition) is 5. The van der Waals surface area contributed by atoms with Crippen LogP contribution in [-0.4, -0.2) is 69.3 Å². The molecule has 1 heterocycles. The Morgan fingerprint density at radius 2 is 1.63 bits per heavy atom. The number of guanidine groups is 1. The Hall–Kier alpha value is -0.810. The lowest BCUT2D eigenvalue weighted by Crippen LogP contribution is -2.48. The van der Waals surface area contributed by atoms with E-state index >= 15 is 0 Å². The van der Waals surface area contributed by atoms with Gasteiger partial charge in [-0.25, -0.2) is 4.79 Å². The van der Waals surface area contributed by atoms with Crippen molar-refractivity contribution in [1.29, 1.82) is 0 Å². The molecule has 2 rings (SSSR count). The molecule has 1 aliphatic carbocycles. The number of rotatable bonds is 7. The number of nitrogens with one attached hydrogen (secondary N) is 3. The van der Waals surface area contributed by atoms with Gasteiger partial charge in [-0.3, -0.25) is 4.99 Å². The van der Waals surface area contributed by atoms with Gasteiger partial charge in [0.25, 0.3) is 0 Å². The molecule has 1 saturated heterocycles. The summed E-state index contributed by atoms with van der Waals surface area (Å²) in [5.41, 5.74) is -0.461. The van der Waals surface area contributed by atoms with Gasteiger partial charge in [0.2, 0.25) is 0 Å². The minimum absolute atomic E-state index is 0. The summed E-state index contributed by atoms with van der Waals surface area (Å²) in [5.74, 6) is 0.833. The van der Waals surface area contributed by atoms with Gasteiger partial charge in [0, 0.05) is 45.5 Å². The first-order chi connectivity index (χ1) is 13.9. The standard InChI is InChI=1S/C21H40N4O4.HI/c1-21(2,3)29-20(26)25-17-8-6-16(7-9-17)24-19(22-4)23-12-5-13-28-18-10-14-27-15-11-18;/h16-18H,5-15H2,1-4H3,(H,25,26)(H2,22,23,24);1H. The largest absolute Gasteiger partial charge is 0.444 e. The van der Waals surface area contributed by atoms with Crippen LogP contribution in [0.4, 0.5) is 4.79 Å². The van der Waals surface area contributed by atoms with Crippen molar-refractivity contribution in [3.05, 3.63) is 0 Å². The van der Waals surface area contributed by atoms with Crippen LogP contribution in [0.25, 0.3) is 0 Å². The third-order valence-electron chi connectivity index (χ3n) is 5.15. The second-order valence-corrected chi connectivity index (χ2v) is 8.87. The highest BCUT2D eigenvalue weighted by Crippen LogP contribution is 2.19. The molecule has 0 aromatic carbocycles. The summed E-state index contributed by atoms with van der Waals surface area (Å²) in [4.78, 5) is 16.2. The van der Waals surface area contributed by atoms with Gasteiger partial charge in [0.1, 0.15) is 5.60 Å². The number of aliphatic imine (C=N–C) groups is 1. The third kappa shape index (κ3) is 11.5. The van der Waals surface area contributed by atoms with E-state index in [2.05, 4.69) is 20.9 Å². The van der Waals surface area contributed by atoms with Gasteiger partial charge in [-0.05, 0) is 65.7 Å². The van der Waals surface area contributed by atoms with Crippen LogP contribution in [0.2, 0.25) is 0 Å². The normalized spacial score (nSPS) is 23.3. The fraction of sp³-hybridized carbons (Fsp3) is 0.905. The van der Waals surface area contributed by atoms with Crippen molar-refractivity contribution in [1.82, 2.24) is 16.0 Å². The van der Waals surface area contributed by atoms with Gasteiger partial charge in [-0.1, -0.05) is 0 Å². The number of nitrogens with zero attached hydrogens (tertiary/aromatic N) is 1. The van der Waals surface area contributed by atoms with Crippen LogP contribution in [-0.2, 0) is 14.2 Å². The van der Waals surface area contributed by atoms with Crippen molar-refractivity contribution in [3.8, 4) is 0 Å². The van der Waals surface area contributed by atoms with E-state index in [0.717, 1.165) is 77.3 Å². The lowest BCUT2D eigenvalue weighted by molar-refractivity contribution is -0.0320.